The van der Waals surface area contributed by atoms with Gasteiger partial charge in [-0.1, -0.05) is 6.07 Å². The molecule has 0 saturated heterocycles. The van der Waals surface area contributed by atoms with Crippen molar-refractivity contribution in [3.8, 4) is 0 Å². The Morgan fingerprint density at radius 3 is 2.39 bits per heavy atom. The molecule has 18 heavy (non-hydrogen) atoms. The molecule has 0 atom stereocenters. The number of hydrogen-bond donors (Lipinski definition) is 3. The number of alkyl halides is 3. The molecule has 100 valence electrons. The van der Waals surface area contributed by atoms with Crippen LogP contribution in [0.15, 0.2) is 18.2 Å². The van der Waals surface area contributed by atoms with Gasteiger partial charge >= 0.3 is 6.18 Å². The van der Waals surface area contributed by atoms with Crippen molar-refractivity contribution in [1.82, 2.24) is 5.32 Å². The van der Waals surface area contributed by atoms with E-state index in [1.54, 1.807) is 13.8 Å². The van der Waals surface area contributed by atoms with Crippen LogP contribution in [0.1, 0.15) is 29.8 Å². The molecule has 7 heteroatoms. The molecule has 0 bridgehead atoms. The molecule has 0 aliphatic rings. The lowest BCUT2D eigenvalue weighted by Crippen LogP contribution is -2.31. The minimum absolute atomic E-state index is 0.138. The van der Waals surface area contributed by atoms with Crippen molar-refractivity contribution in [3.05, 3.63) is 29.3 Å². The summed E-state index contributed by atoms with van der Waals surface area (Å²) in [4.78, 5) is 11.7. The Hall–Kier alpha value is -1.76. The largest absolute Gasteiger partial charge is 0.418 e. The number of nitrogen functional groups attached to an aromatic ring is 1. The number of nitrogens with two attached hydrogens (primary N) is 1. The van der Waals surface area contributed by atoms with E-state index in [9.17, 15) is 18.0 Å². The van der Waals surface area contributed by atoms with Gasteiger partial charge in [-0.15, -0.1) is 0 Å². The van der Waals surface area contributed by atoms with Gasteiger partial charge in [0, 0.05) is 6.04 Å². The summed E-state index contributed by atoms with van der Waals surface area (Å²) >= 11 is 0. The van der Waals surface area contributed by atoms with E-state index in [0.717, 1.165) is 6.07 Å². The zero-order chi connectivity index (χ0) is 13.9. The number of benzene rings is 1. The lowest BCUT2D eigenvalue weighted by atomic mass is 10.1. The van der Waals surface area contributed by atoms with Gasteiger partial charge < -0.3 is 10.7 Å². The third kappa shape index (κ3) is 3.13. The summed E-state index contributed by atoms with van der Waals surface area (Å²) in [6.07, 6.45) is -4.57. The molecule has 1 aromatic rings. The summed E-state index contributed by atoms with van der Waals surface area (Å²) in [5, 5.41) is 2.51. The van der Waals surface area contributed by atoms with Crippen LogP contribution in [-0.4, -0.2) is 11.9 Å². The fourth-order valence-corrected chi connectivity index (χ4v) is 1.47. The zero-order valence-electron chi connectivity index (χ0n) is 9.93. The van der Waals surface area contributed by atoms with Gasteiger partial charge in [0.25, 0.3) is 5.91 Å². The second-order valence-electron chi connectivity index (χ2n) is 4.00. The minimum Gasteiger partial charge on any atom is -0.350 e. The Balaban J connectivity index is 3.25. The fourth-order valence-electron chi connectivity index (χ4n) is 1.47. The topological polar surface area (TPSA) is 67.2 Å². The molecule has 0 radical (unpaired) electrons. The molecule has 4 nitrogen and oxygen atoms in total. The maximum absolute atomic E-state index is 12.7. The number of para-hydroxylation sites is 1. The molecule has 0 heterocycles. The van der Waals surface area contributed by atoms with Gasteiger partial charge in [-0.05, 0) is 26.0 Å². The van der Waals surface area contributed by atoms with Crippen molar-refractivity contribution < 1.29 is 18.0 Å². The maximum Gasteiger partial charge on any atom is 0.418 e. The van der Waals surface area contributed by atoms with E-state index in [1.807, 2.05) is 5.43 Å². The molecule has 0 fully saturated rings. The number of carbonyl (C=O) groups is 1. The molecular formula is C11H14F3N3O. The Kier molecular flexibility index (Phi) is 4.18. The number of halogens is 3. The first kappa shape index (κ1) is 14.3. The molecule has 0 spiro atoms. The predicted molar refractivity (Wildman–Crippen MR) is 61.9 cm³/mol. The number of hydrazine groups is 1. The normalized spacial score (nSPS) is 11.5. The van der Waals surface area contributed by atoms with Crippen molar-refractivity contribution in [3.63, 3.8) is 0 Å². The van der Waals surface area contributed by atoms with Crippen LogP contribution < -0.4 is 16.6 Å². The van der Waals surface area contributed by atoms with E-state index in [1.165, 1.54) is 12.1 Å². The van der Waals surface area contributed by atoms with Gasteiger partial charge in [0.05, 0.1) is 16.8 Å². The highest BCUT2D eigenvalue weighted by molar-refractivity contribution is 6.00. The average molecular weight is 261 g/mol. The van der Waals surface area contributed by atoms with Crippen molar-refractivity contribution in [2.45, 2.75) is 26.1 Å². The molecular weight excluding hydrogens is 247 g/mol. The Morgan fingerprint density at radius 1 is 1.33 bits per heavy atom. The van der Waals surface area contributed by atoms with Gasteiger partial charge in [0.2, 0.25) is 0 Å². The van der Waals surface area contributed by atoms with Crippen LogP contribution in [0.2, 0.25) is 0 Å². The van der Waals surface area contributed by atoms with Crippen LogP contribution >= 0.6 is 0 Å². The van der Waals surface area contributed by atoms with E-state index >= 15 is 0 Å². The van der Waals surface area contributed by atoms with E-state index in [2.05, 4.69) is 5.32 Å². The van der Waals surface area contributed by atoms with E-state index in [0.29, 0.717) is 0 Å². The van der Waals surface area contributed by atoms with Crippen LogP contribution in [0, 0.1) is 0 Å². The third-order valence-corrected chi connectivity index (χ3v) is 2.18. The molecule has 0 aliphatic carbocycles. The zero-order valence-corrected chi connectivity index (χ0v) is 9.93. The summed E-state index contributed by atoms with van der Waals surface area (Å²) in [6.45, 7) is 3.42. The summed E-state index contributed by atoms with van der Waals surface area (Å²) < 4.78 is 38.1. The number of rotatable bonds is 3. The summed E-state index contributed by atoms with van der Waals surface area (Å²) in [5.74, 6) is 4.48. The van der Waals surface area contributed by atoms with Gasteiger partial charge in [-0.2, -0.15) is 13.2 Å². The van der Waals surface area contributed by atoms with Crippen molar-refractivity contribution in [2.75, 3.05) is 5.43 Å². The quantitative estimate of drug-likeness (QED) is 0.576. The first-order chi connectivity index (χ1) is 8.27. The molecule has 4 N–H and O–H groups in total. The maximum atomic E-state index is 12.7. The molecule has 1 aromatic carbocycles. The van der Waals surface area contributed by atoms with E-state index in [-0.39, 0.29) is 11.6 Å². The van der Waals surface area contributed by atoms with Crippen molar-refractivity contribution >= 4 is 11.6 Å². The SMILES string of the molecule is CC(C)NC(=O)c1cccc(C(F)(F)F)c1NN. The second kappa shape index (κ2) is 5.26. The van der Waals surface area contributed by atoms with Crippen LogP contribution in [-0.2, 0) is 6.18 Å². The van der Waals surface area contributed by atoms with E-state index in [4.69, 9.17) is 5.84 Å². The Bertz CT molecular complexity index is 444. The predicted octanol–water partition coefficient (Wildman–Crippen LogP) is 2.13. The molecule has 1 rings (SSSR count). The van der Waals surface area contributed by atoms with Gasteiger partial charge in [-0.3, -0.25) is 10.6 Å². The highest BCUT2D eigenvalue weighted by Gasteiger charge is 2.35. The van der Waals surface area contributed by atoms with Crippen LogP contribution in [0.5, 0.6) is 0 Å². The van der Waals surface area contributed by atoms with Gasteiger partial charge in [0.1, 0.15) is 0 Å². The number of amides is 1. The van der Waals surface area contributed by atoms with Crippen molar-refractivity contribution in [2.24, 2.45) is 5.84 Å². The smallest absolute Gasteiger partial charge is 0.350 e. The van der Waals surface area contributed by atoms with Crippen LogP contribution in [0.3, 0.4) is 0 Å². The fraction of sp³-hybridized carbons (Fsp3) is 0.364. The molecule has 0 unspecified atom stereocenters. The highest BCUT2D eigenvalue weighted by atomic mass is 19.4. The monoisotopic (exact) mass is 261 g/mol. The number of anilines is 1. The number of hydrogen-bond acceptors (Lipinski definition) is 3. The molecule has 0 aromatic heterocycles. The standard InChI is InChI=1S/C11H14F3N3O/c1-6(2)16-10(18)7-4-3-5-8(9(7)17-15)11(12,13)14/h3-6,17H,15H2,1-2H3,(H,16,18). The molecule has 0 saturated carbocycles. The van der Waals surface area contributed by atoms with Gasteiger partial charge in [0.15, 0.2) is 0 Å². The number of carbonyl (C=O) groups excluding carboxylic acids is 1. The second-order valence-corrected chi connectivity index (χ2v) is 4.00. The van der Waals surface area contributed by atoms with E-state index < -0.39 is 23.3 Å². The molecule has 1 amide bonds. The lowest BCUT2D eigenvalue weighted by molar-refractivity contribution is -0.137. The van der Waals surface area contributed by atoms with Crippen LogP contribution in [0.4, 0.5) is 18.9 Å². The van der Waals surface area contributed by atoms with Crippen molar-refractivity contribution in [1.29, 1.82) is 0 Å². The summed E-state index contributed by atoms with van der Waals surface area (Å²) in [7, 11) is 0. The highest BCUT2D eigenvalue weighted by Crippen LogP contribution is 2.36. The minimum atomic E-state index is -4.57. The summed E-state index contributed by atoms with van der Waals surface area (Å²) in [6, 6.07) is 3.13. The first-order valence-corrected chi connectivity index (χ1v) is 5.25. The molecule has 0 aliphatic heterocycles. The first-order valence-electron chi connectivity index (χ1n) is 5.25. The lowest BCUT2D eigenvalue weighted by Gasteiger charge is -2.16. The Morgan fingerprint density at radius 2 is 1.94 bits per heavy atom. The van der Waals surface area contributed by atoms with Gasteiger partial charge in [-0.25, -0.2) is 0 Å². The Labute approximate surface area is 102 Å². The third-order valence-electron chi connectivity index (χ3n) is 2.18. The van der Waals surface area contributed by atoms with Crippen LogP contribution in [0.25, 0.3) is 0 Å². The number of nitrogens with one attached hydrogen (secondary N) is 2. The average Bonchev–Trinajstić information content (AvgIpc) is 2.25. The summed E-state index contributed by atoms with van der Waals surface area (Å²) in [5.41, 5.74) is 0.408.